The molecule has 1 heterocycles. The molecule has 1 aliphatic heterocycles. The minimum absolute atomic E-state index is 0.0319. The van der Waals surface area contributed by atoms with Gasteiger partial charge in [-0.15, -0.1) is 0 Å². The molecule has 0 spiro atoms. The maximum absolute atomic E-state index is 12.9. The Hall–Kier alpha value is -3.56. The van der Waals surface area contributed by atoms with Crippen molar-refractivity contribution < 1.29 is 17.9 Å². The van der Waals surface area contributed by atoms with Crippen molar-refractivity contribution in [3.63, 3.8) is 0 Å². The number of anilines is 4. The average Bonchev–Trinajstić information content (AvgIpc) is 2.86. The van der Waals surface area contributed by atoms with Crippen LogP contribution in [-0.4, -0.2) is 52.9 Å². The Morgan fingerprint density at radius 1 is 0.943 bits per heavy atom. The molecule has 1 aliphatic rings. The van der Waals surface area contributed by atoms with Gasteiger partial charge in [0.25, 0.3) is 0 Å². The van der Waals surface area contributed by atoms with Crippen molar-refractivity contribution in [3.8, 4) is 5.75 Å². The number of rotatable bonds is 7. The van der Waals surface area contributed by atoms with Gasteiger partial charge in [-0.25, -0.2) is 12.7 Å². The van der Waals surface area contributed by atoms with E-state index in [4.69, 9.17) is 4.74 Å². The number of nitrogens with zero attached hydrogens (tertiary/aromatic N) is 3. The van der Waals surface area contributed by atoms with E-state index in [0.29, 0.717) is 6.54 Å². The van der Waals surface area contributed by atoms with Gasteiger partial charge in [0, 0.05) is 39.1 Å². The molecular formula is C26H30N4O4S. The minimum Gasteiger partial charge on any atom is -0.497 e. The zero-order valence-corrected chi connectivity index (χ0v) is 21.3. The van der Waals surface area contributed by atoms with Gasteiger partial charge in [-0.2, -0.15) is 0 Å². The molecule has 0 saturated heterocycles. The second-order valence-corrected chi connectivity index (χ2v) is 10.8. The first-order valence-electron chi connectivity index (χ1n) is 11.2. The lowest BCUT2D eigenvalue weighted by Gasteiger charge is -2.40. The zero-order valence-electron chi connectivity index (χ0n) is 20.5. The number of methoxy groups -OCH3 is 1. The normalized spacial score (nSPS) is 15.8. The van der Waals surface area contributed by atoms with Gasteiger partial charge in [-0.3, -0.25) is 4.79 Å². The van der Waals surface area contributed by atoms with Gasteiger partial charge >= 0.3 is 0 Å². The Morgan fingerprint density at radius 2 is 1.57 bits per heavy atom. The standard InChI is InChI=1S/C26H30N4O4S/c1-18-26(31)29(4)24-15-10-21(27-20-8-13-23(14-9-20)35(32,33)28(2)3)16-25(24)30(18)17-19-6-11-22(34-5)12-7-19/h6-16,18,27H,17H2,1-5H3/t18-/m1/s1. The highest BCUT2D eigenvalue weighted by Gasteiger charge is 2.33. The molecule has 1 atom stereocenters. The number of amides is 1. The Morgan fingerprint density at radius 3 is 2.17 bits per heavy atom. The van der Waals surface area contributed by atoms with Crippen molar-refractivity contribution in [2.75, 3.05) is 43.4 Å². The number of nitrogens with one attached hydrogen (secondary N) is 1. The van der Waals surface area contributed by atoms with Crippen LogP contribution in [0.5, 0.6) is 5.75 Å². The van der Waals surface area contributed by atoms with Crippen molar-refractivity contribution in [1.29, 1.82) is 0 Å². The first-order chi connectivity index (χ1) is 16.6. The molecule has 0 bridgehead atoms. The molecule has 0 saturated carbocycles. The van der Waals surface area contributed by atoms with E-state index < -0.39 is 10.0 Å². The molecule has 0 radical (unpaired) electrons. The summed E-state index contributed by atoms with van der Waals surface area (Å²) in [7, 11) is 2.96. The van der Waals surface area contributed by atoms with E-state index in [0.717, 1.165) is 34.1 Å². The van der Waals surface area contributed by atoms with Crippen molar-refractivity contribution in [3.05, 3.63) is 72.3 Å². The van der Waals surface area contributed by atoms with Gasteiger partial charge in [-0.05, 0) is 67.1 Å². The van der Waals surface area contributed by atoms with E-state index >= 15 is 0 Å². The number of likely N-dealkylation sites (N-methyl/N-ethyl adjacent to an activating group) is 1. The van der Waals surface area contributed by atoms with Gasteiger partial charge in [0.2, 0.25) is 15.9 Å². The lowest BCUT2D eigenvalue weighted by atomic mass is 10.0. The molecule has 0 fully saturated rings. The number of carbonyl (C=O) groups is 1. The second-order valence-electron chi connectivity index (χ2n) is 8.69. The number of benzene rings is 3. The summed E-state index contributed by atoms with van der Waals surface area (Å²) in [6.45, 7) is 2.48. The molecule has 35 heavy (non-hydrogen) atoms. The molecule has 4 rings (SSSR count). The number of hydrogen-bond acceptors (Lipinski definition) is 6. The van der Waals surface area contributed by atoms with E-state index in [1.54, 1.807) is 43.3 Å². The van der Waals surface area contributed by atoms with Gasteiger partial charge in [-0.1, -0.05) is 12.1 Å². The van der Waals surface area contributed by atoms with Crippen LogP contribution in [0.3, 0.4) is 0 Å². The Labute approximate surface area is 206 Å². The lowest BCUT2D eigenvalue weighted by molar-refractivity contribution is -0.119. The fraction of sp³-hybridized carbons (Fsp3) is 0.269. The average molecular weight is 495 g/mol. The predicted molar refractivity (Wildman–Crippen MR) is 139 cm³/mol. The molecule has 1 N–H and O–H groups in total. The fourth-order valence-electron chi connectivity index (χ4n) is 4.09. The SMILES string of the molecule is COc1ccc(CN2c3cc(Nc4ccc(S(=O)(=O)N(C)C)cc4)ccc3N(C)C(=O)[C@H]2C)cc1. The second kappa shape index (κ2) is 9.59. The van der Waals surface area contributed by atoms with Crippen LogP contribution in [0.25, 0.3) is 0 Å². The molecule has 0 unspecified atom stereocenters. The van der Waals surface area contributed by atoms with Crippen LogP contribution in [0.15, 0.2) is 71.6 Å². The maximum atomic E-state index is 12.9. The highest BCUT2D eigenvalue weighted by Crippen LogP contribution is 2.39. The highest BCUT2D eigenvalue weighted by atomic mass is 32.2. The summed E-state index contributed by atoms with van der Waals surface area (Å²) in [5.41, 5.74) is 4.43. The van der Waals surface area contributed by atoms with E-state index in [9.17, 15) is 13.2 Å². The van der Waals surface area contributed by atoms with Crippen LogP contribution in [0.4, 0.5) is 22.7 Å². The first kappa shape index (κ1) is 24.6. The summed E-state index contributed by atoms with van der Waals surface area (Å²) in [5, 5.41) is 3.35. The van der Waals surface area contributed by atoms with Crippen LogP contribution >= 0.6 is 0 Å². The summed E-state index contributed by atoms with van der Waals surface area (Å²) in [6, 6.07) is 20.0. The Bertz CT molecular complexity index is 1320. The summed E-state index contributed by atoms with van der Waals surface area (Å²) in [5.74, 6) is 0.817. The zero-order chi connectivity index (χ0) is 25.3. The molecular weight excluding hydrogens is 464 g/mol. The highest BCUT2D eigenvalue weighted by molar-refractivity contribution is 7.89. The predicted octanol–water partition coefficient (Wildman–Crippen LogP) is 4.06. The van der Waals surface area contributed by atoms with Gasteiger partial charge < -0.3 is 19.9 Å². The maximum Gasteiger partial charge on any atom is 0.249 e. The van der Waals surface area contributed by atoms with Crippen LogP contribution in [0.2, 0.25) is 0 Å². The smallest absolute Gasteiger partial charge is 0.249 e. The van der Waals surface area contributed by atoms with E-state index in [2.05, 4.69) is 10.2 Å². The Balaban J connectivity index is 1.63. The number of fused-ring (bicyclic) bond motifs is 1. The fourth-order valence-corrected chi connectivity index (χ4v) is 4.99. The summed E-state index contributed by atoms with van der Waals surface area (Å²) in [6.07, 6.45) is 0. The largest absolute Gasteiger partial charge is 0.497 e. The van der Waals surface area contributed by atoms with Crippen molar-refractivity contribution in [1.82, 2.24) is 4.31 Å². The number of ether oxygens (including phenoxy) is 1. The third-order valence-electron chi connectivity index (χ3n) is 6.24. The van der Waals surface area contributed by atoms with Crippen molar-refractivity contribution in [2.45, 2.75) is 24.4 Å². The molecule has 9 heteroatoms. The number of hydrogen-bond donors (Lipinski definition) is 1. The minimum atomic E-state index is -3.48. The van der Waals surface area contributed by atoms with E-state index in [1.165, 1.54) is 18.4 Å². The molecule has 0 aromatic heterocycles. The van der Waals surface area contributed by atoms with Gasteiger partial charge in [0.15, 0.2) is 0 Å². The quantitative estimate of drug-likeness (QED) is 0.534. The molecule has 184 valence electrons. The summed E-state index contributed by atoms with van der Waals surface area (Å²) in [4.78, 5) is 16.9. The summed E-state index contributed by atoms with van der Waals surface area (Å²) < 4.78 is 31.1. The topological polar surface area (TPSA) is 82.2 Å². The number of carbonyl (C=O) groups excluding carboxylic acids is 1. The van der Waals surface area contributed by atoms with Gasteiger partial charge in [0.05, 0.1) is 23.4 Å². The van der Waals surface area contributed by atoms with Crippen molar-refractivity contribution in [2.24, 2.45) is 0 Å². The third kappa shape index (κ3) is 4.82. The molecule has 3 aromatic carbocycles. The Kier molecular flexibility index (Phi) is 6.73. The van der Waals surface area contributed by atoms with Crippen LogP contribution in [0, 0.1) is 0 Å². The van der Waals surface area contributed by atoms with Crippen LogP contribution in [-0.2, 0) is 21.4 Å². The first-order valence-corrected chi connectivity index (χ1v) is 12.7. The van der Waals surface area contributed by atoms with Crippen LogP contribution < -0.4 is 19.9 Å². The molecule has 8 nitrogen and oxygen atoms in total. The van der Waals surface area contributed by atoms with E-state index in [1.807, 2.05) is 49.4 Å². The van der Waals surface area contributed by atoms with Crippen LogP contribution in [0.1, 0.15) is 12.5 Å². The lowest BCUT2D eigenvalue weighted by Crippen LogP contribution is -2.50. The monoisotopic (exact) mass is 494 g/mol. The van der Waals surface area contributed by atoms with E-state index in [-0.39, 0.29) is 16.8 Å². The van der Waals surface area contributed by atoms with Crippen molar-refractivity contribution >= 4 is 38.7 Å². The third-order valence-corrected chi connectivity index (χ3v) is 8.06. The van der Waals surface area contributed by atoms with Gasteiger partial charge in [0.1, 0.15) is 11.8 Å². The molecule has 3 aromatic rings. The summed E-state index contributed by atoms with van der Waals surface area (Å²) >= 11 is 0. The molecule has 1 amide bonds. The molecule has 0 aliphatic carbocycles. The number of sulfonamides is 1.